The molecule has 3 heterocycles. The number of rotatable bonds is 2. The first-order valence-electron chi connectivity index (χ1n) is 5.48. The third kappa shape index (κ3) is 1.76. The molecule has 0 spiro atoms. The van der Waals surface area contributed by atoms with Gasteiger partial charge in [0, 0.05) is 6.42 Å². The molecule has 7 nitrogen and oxygen atoms in total. The van der Waals surface area contributed by atoms with Gasteiger partial charge in [-0.15, -0.1) is 0 Å². The Balaban J connectivity index is 1.99. The standard InChI is InChI=1S/C10H11ClN4O3/c11-9-8-10(13-3-12-9)15(4-14-8)7-1-5(17)6(2-16)18-7/h3-7,16-17H,1-2H2/t5-,6+,7+/m0/s1/i12+1,13+1. The second-order valence-corrected chi connectivity index (χ2v) is 4.46. The van der Waals surface area contributed by atoms with Gasteiger partial charge in [-0.3, -0.25) is 4.57 Å². The van der Waals surface area contributed by atoms with E-state index in [9.17, 15) is 5.11 Å². The molecule has 1 aliphatic rings. The maximum Gasteiger partial charge on any atom is 0.166 e. The average molecular weight is 273 g/mol. The van der Waals surface area contributed by atoms with Crippen molar-refractivity contribution in [3.8, 4) is 0 Å². The summed E-state index contributed by atoms with van der Waals surface area (Å²) in [5.41, 5.74) is 1.04. The first kappa shape index (κ1) is 11.8. The zero-order valence-electron chi connectivity index (χ0n) is 9.27. The van der Waals surface area contributed by atoms with Crippen LogP contribution in [0.1, 0.15) is 12.6 Å². The highest BCUT2D eigenvalue weighted by molar-refractivity contribution is 6.33. The highest BCUT2D eigenvalue weighted by Crippen LogP contribution is 2.31. The van der Waals surface area contributed by atoms with Gasteiger partial charge >= 0.3 is 0 Å². The van der Waals surface area contributed by atoms with E-state index in [-0.39, 0.29) is 11.8 Å². The number of nitrogens with zero attached hydrogens (tertiary/aromatic N) is 4. The second kappa shape index (κ2) is 4.43. The summed E-state index contributed by atoms with van der Waals surface area (Å²) in [6, 6.07) is 0. The Hall–Kier alpha value is -1.28. The van der Waals surface area contributed by atoms with Gasteiger partial charge in [0.05, 0.1) is 19.0 Å². The maximum atomic E-state index is 9.71. The lowest BCUT2D eigenvalue weighted by atomic mass is 10.2. The quantitative estimate of drug-likeness (QED) is 0.755. The minimum atomic E-state index is -0.699. The number of hydrogen-bond acceptors (Lipinski definition) is 6. The van der Waals surface area contributed by atoms with E-state index in [0.29, 0.717) is 17.6 Å². The molecule has 1 aliphatic heterocycles. The molecule has 0 radical (unpaired) electrons. The van der Waals surface area contributed by atoms with Crippen LogP contribution in [0.25, 0.3) is 11.2 Å². The summed E-state index contributed by atoms with van der Waals surface area (Å²) in [6.45, 7) is -0.222. The minimum Gasteiger partial charge on any atom is -0.394 e. The van der Waals surface area contributed by atoms with Crippen molar-refractivity contribution < 1.29 is 14.9 Å². The van der Waals surface area contributed by atoms with Gasteiger partial charge in [-0.05, 0) is 0 Å². The molecule has 1 fully saturated rings. The lowest BCUT2D eigenvalue weighted by Gasteiger charge is -2.13. The number of ether oxygens (including phenoxy) is 1. The third-order valence-corrected chi connectivity index (χ3v) is 3.29. The Labute approximate surface area is 107 Å². The van der Waals surface area contributed by atoms with Crippen molar-refractivity contribution >= 4 is 22.8 Å². The van der Waals surface area contributed by atoms with Crippen LogP contribution in [-0.4, -0.2) is 48.5 Å². The van der Waals surface area contributed by atoms with Crippen LogP contribution in [-0.2, 0) is 4.74 Å². The summed E-state index contributed by atoms with van der Waals surface area (Å²) in [5, 5.41) is 19.0. The van der Waals surface area contributed by atoms with E-state index in [1.165, 1.54) is 6.33 Å². The van der Waals surface area contributed by atoms with Crippen LogP contribution in [0, 0.1) is 0 Å². The molecule has 0 amide bonds. The van der Waals surface area contributed by atoms with Gasteiger partial charge < -0.3 is 14.9 Å². The number of fused-ring (bicyclic) bond motifs is 1. The summed E-state index contributed by atoms with van der Waals surface area (Å²) in [7, 11) is 0. The second-order valence-electron chi connectivity index (χ2n) is 4.10. The molecule has 2 aromatic heterocycles. The van der Waals surface area contributed by atoms with E-state index in [1.807, 2.05) is 0 Å². The Morgan fingerprint density at radius 1 is 1.44 bits per heavy atom. The Morgan fingerprint density at radius 2 is 2.28 bits per heavy atom. The molecule has 18 heavy (non-hydrogen) atoms. The van der Waals surface area contributed by atoms with Crippen LogP contribution in [0.5, 0.6) is 0 Å². The number of halogens is 1. The van der Waals surface area contributed by atoms with Gasteiger partial charge in [0.1, 0.15) is 24.2 Å². The fourth-order valence-corrected chi connectivity index (χ4v) is 2.26. The van der Waals surface area contributed by atoms with Crippen molar-refractivity contribution in [2.24, 2.45) is 0 Å². The van der Waals surface area contributed by atoms with Crippen molar-refractivity contribution in [1.82, 2.24) is 19.5 Å². The Morgan fingerprint density at radius 3 is 3.00 bits per heavy atom. The van der Waals surface area contributed by atoms with Crippen LogP contribution in [0.4, 0.5) is 0 Å². The van der Waals surface area contributed by atoms with Crippen LogP contribution in [0.3, 0.4) is 0 Å². The summed E-state index contributed by atoms with van der Waals surface area (Å²) in [5.74, 6) is 0. The SMILES string of the molecule is OC[C@H]1O[C@@H](n2cnc3c(Cl)[15n]c[15n]c32)C[C@@H]1O. The van der Waals surface area contributed by atoms with Crippen molar-refractivity contribution in [3.63, 3.8) is 0 Å². The molecule has 0 aromatic carbocycles. The topological polar surface area (TPSA) is 93.3 Å². The van der Waals surface area contributed by atoms with Gasteiger partial charge in [-0.1, -0.05) is 11.6 Å². The maximum absolute atomic E-state index is 9.71. The van der Waals surface area contributed by atoms with E-state index in [4.69, 9.17) is 21.4 Å². The lowest BCUT2D eigenvalue weighted by molar-refractivity contribution is -0.0432. The van der Waals surface area contributed by atoms with Gasteiger partial charge in [-0.25, -0.2) is 15.0 Å². The van der Waals surface area contributed by atoms with E-state index >= 15 is 0 Å². The summed E-state index contributed by atoms with van der Waals surface area (Å²) >= 11 is 5.90. The van der Waals surface area contributed by atoms with E-state index in [2.05, 4.69) is 15.0 Å². The Kier molecular flexibility index (Phi) is 2.90. The normalized spacial score (nSPS) is 28.1. The van der Waals surface area contributed by atoms with Gasteiger partial charge in [-0.2, -0.15) is 0 Å². The molecule has 2 aromatic rings. The molecule has 96 valence electrons. The fourth-order valence-electron chi connectivity index (χ4n) is 2.08. The van der Waals surface area contributed by atoms with Crippen LogP contribution >= 0.6 is 11.6 Å². The van der Waals surface area contributed by atoms with E-state index in [1.54, 1.807) is 10.9 Å². The molecule has 3 rings (SSSR count). The molecule has 0 unspecified atom stereocenters. The Bertz CT molecular complexity index is 575. The van der Waals surface area contributed by atoms with Gasteiger partial charge in [0.2, 0.25) is 0 Å². The first-order chi connectivity index (χ1) is 8.70. The number of imidazole rings is 1. The zero-order valence-corrected chi connectivity index (χ0v) is 10.0. The number of hydrogen-bond donors (Lipinski definition) is 2. The molecule has 0 saturated carbocycles. The van der Waals surface area contributed by atoms with Crippen LogP contribution in [0.2, 0.25) is 5.15 Å². The molecule has 0 bridgehead atoms. The van der Waals surface area contributed by atoms with Crippen LogP contribution in [0.15, 0.2) is 12.7 Å². The zero-order chi connectivity index (χ0) is 12.7. The summed E-state index contributed by atoms with van der Waals surface area (Å²) in [4.78, 5) is 12.1. The molecule has 2 N–H and O–H groups in total. The first-order valence-corrected chi connectivity index (χ1v) is 5.86. The summed E-state index contributed by atoms with van der Waals surface area (Å²) in [6.07, 6.45) is 1.57. The summed E-state index contributed by atoms with van der Waals surface area (Å²) < 4.78 is 7.22. The predicted molar refractivity (Wildman–Crippen MR) is 62.0 cm³/mol. The molecule has 1 saturated heterocycles. The van der Waals surface area contributed by atoms with Crippen molar-refractivity contribution in [1.29, 1.82) is 0 Å². The average Bonchev–Trinajstić information content (AvgIpc) is 2.93. The van der Waals surface area contributed by atoms with Gasteiger partial charge in [0.15, 0.2) is 10.8 Å². The number of aliphatic hydroxyl groups excluding tert-OH is 2. The highest BCUT2D eigenvalue weighted by atomic mass is 35.5. The highest BCUT2D eigenvalue weighted by Gasteiger charge is 2.35. The monoisotopic (exact) mass is 272 g/mol. The molecular weight excluding hydrogens is 262 g/mol. The third-order valence-electron chi connectivity index (χ3n) is 3.01. The lowest BCUT2D eigenvalue weighted by Crippen LogP contribution is -2.24. The molecule has 3 atom stereocenters. The van der Waals surface area contributed by atoms with Crippen LogP contribution < -0.4 is 0 Å². The van der Waals surface area contributed by atoms with Crippen molar-refractivity contribution in [3.05, 3.63) is 17.8 Å². The number of aliphatic hydroxyl groups is 2. The van der Waals surface area contributed by atoms with Crippen molar-refractivity contribution in [2.75, 3.05) is 6.61 Å². The van der Waals surface area contributed by atoms with Crippen molar-refractivity contribution in [2.45, 2.75) is 24.9 Å². The number of aromatic nitrogens is 4. The largest absolute Gasteiger partial charge is 0.394 e. The molecule has 0 aliphatic carbocycles. The smallest absolute Gasteiger partial charge is 0.166 e. The molecule has 8 heteroatoms. The fraction of sp³-hybridized carbons (Fsp3) is 0.500. The predicted octanol–water partition coefficient (Wildman–Crippen LogP) is 0.120. The van der Waals surface area contributed by atoms with E-state index in [0.717, 1.165) is 0 Å². The van der Waals surface area contributed by atoms with E-state index < -0.39 is 18.4 Å². The van der Waals surface area contributed by atoms with Gasteiger partial charge in [0.25, 0.3) is 0 Å². The molecular formula is C10H11ClN4O3. The minimum absolute atomic E-state index is 0.222.